The third-order valence-electron chi connectivity index (χ3n) is 7.67. The van der Waals surface area contributed by atoms with Crippen molar-refractivity contribution >= 4 is 10.8 Å². The summed E-state index contributed by atoms with van der Waals surface area (Å²) in [5, 5.41) is 2.23. The third-order valence-corrected chi connectivity index (χ3v) is 7.67. The summed E-state index contributed by atoms with van der Waals surface area (Å²) in [5.74, 6) is 1.96. The Kier molecular flexibility index (Phi) is 7.00. The maximum absolute atomic E-state index is 13.5. The van der Waals surface area contributed by atoms with Crippen LogP contribution in [0.1, 0.15) is 16.8 Å². The molecule has 0 unspecified atom stereocenters. The highest BCUT2D eigenvalue weighted by Crippen LogP contribution is 2.43. The Bertz CT molecular complexity index is 1710. The van der Waals surface area contributed by atoms with Gasteiger partial charge in [-0.25, -0.2) is 4.39 Å². The number of methoxy groups -OCH3 is 3. The molecule has 4 nitrogen and oxygen atoms in total. The minimum Gasteiger partial charge on any atom is -0.496 e. The molecular weight excluding hydrogens is 489 g/mol. The van der Waals surface area contributed by atoms with E-state index in [9.17, 15) is 4.39 Å². The van der Waals surface area contributed by atoms with Gasteiger partial charge in [-0.05, 0) is 77.4 Å². The molecule has 0 spiro atoms. The summed E-state index contributed by atoms with van der Waals surface area (Å²) in [4.78, 5) is 0. The van der Waals surface area contributed by atoms with E-state index >= 15 is 0 Å². The van der Waals surface area contributed by atoms with E-state index in [2.05, 4.69) is 62.7 Å². The largest absolute Gasteiger partial charge is 0.496 e. The number of pyridine rings is 1. The minimum absolute atomic E-state index is 0.254. The summed E-state index contributed by atoms with van der Waals surface area (Å²) in [6.45, 7) is 6.33. The van der Waals surface area contributed by atoms with Crippen molar-refractivity contribution in [3.05, 3.63) is 95.4 Å². The summed E-state index contributed by atoms with van der Waals surface area (Å²) in [6.07, 6.45) is 0. The Morgan fingerprint density at radius 1 is 0.667 bits per heavy atom. The lowest BCUT2D eigenvalue weighted by molar-refractivity contribution is -0.665. The van der Waals surface area contributed by atoms with Gasteiger partial charge in [-0.1, -0.05) is 36.4 Å². The highest BCUT2D eigenvalue weighted by molar-refractivity contribution is 5.94. The molecule has 0 saturated heterocycles. The lowest BCUT2D eigenvalue weighted by Crippen LogP contribution is -2.35. The number of hydrogen-bond acceptors (Lipinski definition) is 3. The van der Waals surface area contributed by atoms with Crippen LogP contribution in [0.15, 0.2) is 72.8 Å². The molecule has 1 aromatic heterocycles. The molecule has 0 bridgehead atoms. The van der Waals surface area contributed by atoms with Crippen molar-refractivity contribution in [2.24, 2.45) is 7.05 Å². The molecule has 5 rings (SSSR count). The Morgan fingerprint density at radius 2 is 1.36 bits per heavy atom. The quantitative estimate of drug-likeness (QED) is 0.214. The van der Waals surface area contributed by atoms with Crippen LogP contribution >= 0.6 is 0 Å². The molecule has 0 amide bonds. The summed E-state index contributed by atoms with van der Waals surface area (Å²) in [5.41, 5.74) is 9.30. The first-order valence-corrected chi connectivity index (χ1v) is 12.9. The van der Waals surface area contributed by atoms with E-state index in [1.54, 1.807) is 33.5 Å². The highest BCUT2D eigenvalue weighted by atomic mass is 19.1. The monoisotopic (exact) mass is 522 g/mol. The van der Waals surface area contributed by atoms with Crippen molar-refractivity contribution in [2.75, 3.05) is 21.3 Å². The number of aryl methyl sites for hydroxylation is 2. The number of nitrogens with zero attached hydrogens (tertiary/aromatic N) is 1. The molecular formula is C34H33FNO3+. The molecule has 0 saturated carbocycles. The average molecular weight is 523 g/mol. The van der Waals surface area contributed by atoms with E-state index in [-0.39, 0.29) is 5.82 Å². The first-order valence-electron chi connectivity index (χ1n) is 12.9. The van der Waals surface area contributed by atoms with Crippen molar-refractivity contribution in [2.45, 2.75) is 20.8 Å². The molecule has 5 aromatic rings. The van der Waals surface area contributed by atoms with Gasteiger partial charge >= 0.3 is 0 Å². The molecule has 0 aliphatic heterocycles. The van der Waals surface area contributed by atoms with Gasteiger partial charge in [0.25, 0.3) is 0 Å². The van der Waals surface area contributed by atoms with Crippen molar-refractivity contribution < 1.29 is 23.2 Å². The first-order chi connectivity index (χ1) is 18.8. The second kappa shape index (κ2) is 10.4. The molecule has 1 heterocycles. The number of benzene rings is 4. The second-order valence-corrected chi connectivity index (χ2v) is 9.84. The van der Waals surface area contributed by atoms with E-state index in [0.29, 0.717) is 11.5 Å². The van der Waals surface area contributed by atoms with E-state index < -0.39 is 0 Å². The van der Waals surface area contributed by atoms with Crippen LogP contribution in [0.2, 0.25) is 0 Å². The Morgan fingerprint density at radius 3 is 2.03 bits per heavy atom. The molecule has 4 aromatic carbocycles. The van der Waals surface area contributed by atoms with Crippen molar-refractivity contribution in [1.29, 1.82) is 0 Å². The SMILES string of the molecule is COc1cc(-c2cc3cc(C)c(C)c(OC)c3c(C)[n+]2C)cc(-c2cccc(-c3ccc(F)cc3)c2)c1OC. The van der Waals surface area contributed by atoms with E-state index in [4.69, 9.17) is 14.2 Å². The Labute approximate surface area is 229 Å². The van der Waals surface area contributed by atoms with Gasteiger partial charge in [0.15, 0.2) is 17.2 Å². The molecule has 0 atom stereocenters. The average Bonchev–Trinajstić information content (AvgIpc) is 2.95. The Balaban J connectivity index is 1.74. The summed E-state index contributed by atoms with van der Waals surface area (Å²) in [6, 6.07) is 23.3. The fourth-order valence-electron chi connectivity index (χ4n) is 5.36. The molecule has 5 heteroatoms. The maximum Gasteiger partial charge on any atom is 0.213 e. The normalized spacial score (nSPS) is 11.1. The third kappa shape index (κ3) is 4.59. The van der Waals surface area contributed by atoms with Gasteiger partial charge in [-0.3, -0.25) is 0 Å². The van der Waals surface area contributed by atoms with E-state index in [1.165, 1.54) is 17.7 Å². The van der Waals surface area contributed by atoms with Crippen LogP contribution in [0.5, 0.6) is 17.2 Å². The van der Waals surface area contributed by atoms with Crippen LogP contribution < -0.4 is 18.8 Å². The van der Waals surface area contributed by atoms with Crippen LogP contribution in [-0.4, -0.2) is 21.3 Å². The minimum atomic E-state index is -0.254. The molecule has 39 heavy (non-hydrogen) atoms. The standard InChI is InChI=1S/C34H33FNO3/c1-20-15-27-18-30(36(4)22(3)32(27)33(38-6)21(20)2)26-17-29(34(39-7)31(19-26)37-5)25-10-8-9-24(16-25)23-11-13-28(35)14-12-23/h8-19H,1-7H3/q+1. The molecule has 0 radical (unpaired) electrons. The zero-order valence-corrected chi connectivity index (χ0v) is 23.5. The number of rotatable bonds is 6. The molecule has 0 fully saturated rings. The summed E-state index contributed by atoms with van der Waals surface area (Å²) >= 11 is 0. The van der Waals surface area contributed by atoms with Crippen molar-refractivity contribution in [1.82, 2.24) is 0 Å². The van der Waals surface area contributed by atoms with Gasteiger partial charge in [-0.15, -0.1) is 0 Å². The number of hydrogen-bond donors (Lipinski definition) is 0. The molecule has 0 aliphatic carbocycles. The topological polar surface area (TPSA) is 31.6 Å². The van der Waals surface area contributed by atoms with Gasteiger partial charge in [0.1, 0.15) is 18.6 Å². The molecule has 198 valence electrons. The van der Waals surface area contributed by atoms with Gasteiger partial charge in [0.2, 0.25) is 5.69 Å². The maximum atomic E-state index is 13.5. The van der Waals surface area contributed by atoms with Gasteiger partial charge < -0.3 is 14.2 Å². The number of ether oxygens (including phenoxy) is 3. The van der Waals surface area contributed by atoms with Gasteiger partial charge in [-0.2, -0.15) is 4.57 Å². The molecule has 0 aliphatic rings. The summed E-state index contributed by atoms with van der Waals surface area (Å²) in [7, 11) is 7.12. The lowest BCUT2D eigenvalue weighted by Gasteiger charge is -2.17. The van der Waals surface area contributed by atoms with Crippen LogP contribution in [0.3, 0.4) is 0 Å². The predicted octanol–water partition coefficient (Wildman–Crippen LogP) is 7.76. The number of halogens is 1. The van der Waals surface area contributed by atoms with Crippen LogP contribution in [0.4, 0.5) is 4.39 Å². The van der Waals surface area contributed by atoms with Crippen LogP contribution in [-0.2, 0) is 7.05 Å². The smallest absolute Gasteiger partial charge is 0.213 e. The van der Waals surface area contributed by atoms with E-state index in [1.807, 2.05) is 18.2 Å². The fourth-order valence-corrected chi connectivity index (χ4v) is 5.36. The predicted molar refractivity (Wildman–Crippen MR) is 155 cm³/mol. The van der Waals surface area contributed by atoms with E-state index in [0.717, 1.165) is 61.3 Å². The van der Waals surface area contributed by atoms with Crippen LogP contribution in [0.25, 0.3) is 44.3 Å². The number of aromatic nitrogens is 1. The lowest BCUT2D eigenvalue weighted by atomic mass is 9.94. The van der Waals surface area contributed by atoms with Crippen molar-refractivity contribution in [3.8, 4) is 50.8 Å². The zero-order chi connectivity index (χ0) is 27.8. The summed E-state index contributed by atoms with van der Waals surface area (Å²) < 4.78 is 33.3. The van der Waals surface area contributed by atoms with Gasteiger partial charge in [0, 0.05) is 18.6 Å². The van der Waals surface area contributed by atoms with Crippen LogP contribution in [0, 0.1) is 26.6 Å². The first kappa shape index (κ1) is 26.2. The van der Waals surface area contributed by atoms with Gasteiger partial charge in [0.05, 0.1) is 32.3 Å². The Hall–Kier alpha value is -4.38. The number of fused-ring (bicyclic) bond motifs is 1. The zero-order valence-electron chi connectivity index (χ0n) is 23.5. The molecule has 0 N–H and O–H groups in total. The van der Waals surface area contributed by atoms with Crippen molar-refractivity contribution in [3.63, 3.8) is 0 Å². The second-order valence-electron chi connectivity index (χ2n) is 9.84. The fraction of sp³-hybridized carbons (Fsp3) is 0.206. The highest BCUT2D eigenvalue weighted by Gasteiger charge is 2.24.